The van der Waals surface area contributed by atoms with E-state index in [1.54, 1.807) is 13.1 Å². The summed E-state index contributed by atoms with van der Waals surface area (Å²) in [5.74, 6) is -0.952. The van der Waals surface area contributed by atoms with Crippen LogP contribution >= 0.6 is 0 Å². The molecule has 20 heavy (non-hydrogen) atoms. The third-order valence-corrected chi connectivity index (χ3v) is 3.07. The Kier molecular flexibility index (Phi) is 6.50. The van der Waals surface area contributed by atoms with Gasteiger partial charge in [0.05, 0.1) is 0 Å². The molecule has 0 saturated carbocycles. The zero-order valence-corrected chi connectivity index (χ0v) is 12.0. The number of carboxylic acid groups (broad SMARTS) is 1. The van der Waals surface area contributed by atoms with Crippen molar-refractivity contribution in [2.75, 3.05) is 13.6 Å². The van der Waals surface area contributed by atoms with Crippen LogP contribution in [-0.2, 0) is 16.0 Å². The molecule has 0 saturated heterocycles. The van der Waals surface area contributed by atoms with Crippen molar-refractivity contribution in [3.63, 3.8) is 0 Å². The minimum Gasteiger partial charge on any atom is -0.481 e. The maximum Gasteiger partial charge on any atom is 0.303 e. The van der Waals surface area contributed by atoms with E-state index in [0.29, 0.717) is 13.0 Å². The Morgan fingerprint density at radius 2 is 1.90 bits per heavy atom. The summed E-state index contributed by atoms with van der Waals surface area (Å²) in [6.45, 7) is 2.55. The van der Waals surface area contributed by atoms with Crippen LogP contribution in [0.2, 0.25) is 0 Å². The number of amides is 1. The van der Waals surface area contributed by atoms with Crippen LogP contribution in [0.5, 0.6) is 0 Å². The summed E-state index contributed by atoms with van der Waals surface area (Å²) in [6, 6.07) is 8.04. The molecule has 1 rings (SSSR count). The van der Waals surface area contributed by atoms with E-state index in [0.717, 1.165) is 12.0 Å². The molecule has 1 aromatic rings. The Labute approximate surface area is 119 Å². The summed E-state index contributed by atoms with van der Waals surface area (Å²) >= 11 is 0. The number of nitrogens with zero attached hydrogens (tertiary/aromatic N) is 1. The maximum atomic E-state index is 11.8. The van der Waals surface area contributed by atoms with Gasteiger partial charge in [-0.05, 0) is 30.0 Å². The van der Waals surface area contributed by atoms with E-state index in [4.69, 9.17) is 5.11 Å². The summed E-state index contributed by atoms with van der Waals surface area (Å²) < 4.78 is 0. The molecule has 108 valence electrons. The van der Waals surface area contributed by atoms with Crippen molar-refractivity contribution in [2.24, 2.45) is 0 Å². The first-order valence-electron chi connectivity index (χ1n) is 6.77. The molecule has 0 aromatic heterocycles. The standard InChI is InChI=1S/C16H21NO3/c1-3-13-6-8-14(9-7-13)10-11-15(18)17(2)12-4-5-16(19)20/h6-11H,3-5,12H2,1-2H3,(H,19,20)/b11-10+. The van der Waals surface area contributed by atoms with Crippen molar-refractivity contribution in [3.05, 3.63) is 41.5 Å². The van der Waals surface area contributed by atoms with Crippen LogP contribution < -0.4 is 0 Å². The Hall–Kier alpha value is -2.10. The third-order valence-electron chi connectivity index (χ3n) is 3.07. The molecule has 0 radical (unpaired) electrons. The molecule has 0 aliphatic carbocycles. The van der Waals surface area contributed by atoms with Crippen LogP contribution in [0.3, 0.4) is 0 Å². The van der Waals surface area contributed by atoms with Crippen LogP contribution in [0.4, 0.5) is 0 Å². The van der Waals surface area contributed by atoms with Gasteiger partial charge in [-0.1, -0.05) is 31.2 Å². The average molecular weight is 275 g/mol. The summed E-state index contributed by atoms with van der Waals surface area (Å²) in [4.78, 5) is 23.7. The molecule has 4 nitrogen and oxygen atoms in total. The van der Waals surface area contributed by atoms with Crippen LogP contribution in [0.25, 0.3) is 6.08 Å². The Balaban J connectivity index is 2.46. The lowest BCUT2D eigenvalue weighted by molar-refractivity contribution is -0.137. The minimum atomic E-state index is -0.836. The van der Waals surface area contributed by atoms with Gasteiger partial charge >= 0.3 is 5.97 Å². The van der Waals surface area contributed by atoms with E-state index >= 15 is 0 Å². The topological polar surface area (TPSA) is 57.6 Å². The third kappa shape index (κ3) is 5.69. The lowest BCUT2D eigenvalue weighted by atomic mass is 10.1. The number of likely N-dealkylation sites (N-methyl/N-ethyl adjacent to an activating group) is 1. The largest absolute Gasteiger partial charge is 0.481 e. The normalized spacial score (nSPS) is 10.7. The smallest absolute Gasteiger partial charge is 0.303 e. The highest BCUT2D eigenvalue weighted by atomic mass is 16.4. The van der Waals surface area contributed by atoms with Gasteiger partial charge in [-0.15, -0.1) is 0 Å². The van der Waals surface area contributed by atoms with Crippen molar-refractivity contribution in [3.8, 4) is 0 Å². The SMILES string of the molecule is CCc1ccc(/C=C/C(=O)N(C)CCCC(=O)O)cc1. The second-order valence-electron chi connectivity index (χ2n) is 4.69. The molecule has 0 unspecified atom stereocenters. The Morgan fingerprint density at radius 3 is 2.45 bits per heavy atom. The first kappa shape index (κ1) is 16.0. The van der Waals surface area contributed by atoms with Crippen molar-refractivity contribution < 1.29 is 14.7 Å². The zero-order valence-electron chi connectivity index (χ0n) is 12.0. The summed E-state index contributed by atoms with van der Waals surface area (Å²) in [5, 5.41) is 8.54. The second kappa shape index (κ2) is 8.15. The van der Waals surface area contributed by atoms with Gasteiger partial charge in [-0.25, -0.2) is 0 Å². The van der Waals surface area contributed by atoms with Crippen molar-refractivity contribution in [1.29, 1.82) is 0 Å². The number of carbonyl (C=O) groups is 2. The Bertz CT molecular complexity index is 477. The van der Waals surface area contributed by atoms with Gasteiger partial charge in [0.1, 0.15) is 0 Å². The first-order valence-corrected chi connectivity index (χ1v) is 6.77. The number of aryl methyl sites for hydroxylation is 1. The van der Waals surface area contributed by atoms with Gasteiger partial charge in [0.25, 0.3) is 0 Å². The molecule has 0 bridgehead atoms. The number of carbonyl (C=O) groups excluding carboxylic acids is 1. The molecular weight excluding hydrogens is 254 g/mol. The number of hydrogen-bond donors (Lipinski definition) is 1. The Morgan fingerprint density at radius 1 is 1.25 bits per heavy atom. The van der Waals surface area contributed by atoms with Gasteiger partial charge in [0, 0.05) is 26.1 Å². The predicted octanol–water partition coefficient (Wildman–Crippen LogP) is 2.59. The van der Waals surface area contributed by atoms with Gasteiger partial charge < -0.3 is 10.0 Å². The van der Waals surface area contributed by atoms with E-state index in [-0.39, 0.29) is 12.3 Å². The quantitative estimate of drug-likeness (QED) is 0.778. The molecule has 1 amide bonds. The summed E-state index contributed by atoms with van der Waals surface area (Å²) in [5.41, 5.74) is 2.24. The molecule has 0 heterocycles. The van der Waals surface area contributed by atoms with E-state index in [1.807, 2.05) is 24.3 Å². The number of aliphatic carboxylic acids is 1. The fourth-order valence-electron chi connectivity index (χ4n) is 1.74. The number of hydrogen-bond acceptors (Lipinski definition) is 2. The number of rotatable bonds is 7. The molecule has 1 N–H and O–H groups in total. The average Bonchev–Trinajstić information content (AvgIpc) is 2.44. The van der Waals surface area contributed by atoms with E-state index in [2.05, 4.69) is 6.92 Å². The molecular formula is C16H21NO3. The second-order valence-corrected chi connectivity index (χ2v) is 4.69. The molecule has 4 heteroatoms. The van der Waals surface area contributed by atoms with Crippen molar-refractivity contribution >= 4 is 18.0 Å². The van der Waals surface area contributed by atoms with Crippen molar-refractivity contribution in [2.45, 2.75) is 26.2 Å². The first-order chi connectivity index (χ1) is 9.52. The highest BCUT2D eigenvalue weighted by Gasteiger charge is 2.05. The predicted molar refractivity (Wildman–Crippen MR) is 79.4 cm³/mol. The maximum absolute atomic E-state index is 11.8. The van der Waals surface area contributed by atoms with E-state index < -0.39 is 5.97 Å². The van der Waals surface area contributed by atoms with Crippen molar-refractivity contribution in [1.82, 2.24) is 4.90 Å². The molecule has 0 atom stereocenters. The molecule has 0 aliphatic heterocycles. The zero-order chi connectivity index (χ0) is 15.0. The van der Waals surface area contributed by atoms with Gasteiger partial charge in [-0.2, -0.15) is 0 Å². The molecule has 0 spiro atoms. The monoisotopic (exact) mass is 275 g/mol. The lowest BCUT2D eigenvalue weighted by Crippen LogP contribution is -2.26. The summed E-state index contributed by atoms with van der Waals surface area (Å²) in [6.07, 6.45) is 4.84. The van der Waals surface area contributed by atoms with Gasteiger partial charge in [-0.3, -0.25) is 9.59 Å². The van der Waals surface area contributed by atoms with E-state index in [9.17, 15) is 9.59 Å². The molecule has 1 aromatic carbocycles. The fourth-order valence-corrected chi connectivity index (χ4v) is 1.74. The molecule has 0 fully saturated rings. The van der Waals surface area contributed by atoms with Gasteiger partial charge in [0.15, 0.2) is 0 Å². The number of carboxylic acids is 1. The van der Waals surface area contributed by atoms with E-state index in [1.165, 1.54) is 16.5 Å². The highest BCUT2D eigenvalue weighted by molar-refractivity contribution is 5.91. The van der Waals surface area contributed by atoms with Crippen LogP contribution in [0.15, 0.2) is 30.3 Å². The van der Waals surface area contributed by atoms with Gasteiger partial charge in [0.2, 0.25) is 5.91 Å². The van der Waals surface area contributed by atoms with Crippen LogP contribution in [-0.4, -0.2) is 35.5 Å². The fraction of sp³-hybridized carbons (Fsp3) is 0.375. The highest BCUT2D eigenvalue weighted by Crippen LogP contribution is 2.07. The number of benzene rings is 1. The minimum absolute atomic E-state index is 0.0831. The summed E-state index contributed by atoms with van der Waals surface area (Å²) in [7, 11) is 1.68. The molecule has 0 aliphatic rings. The van der Waals surface area contributed by atoms with Crippen LogP contribution in [0, 0.1) is 0 Å². The van der Waals surface area contributed by atoms with Crippen LogP contribution in [0.1, 0.15) is 30.9 Å². The lowest BCUT2D eigenvalue weighted by Gasteiger charge is -2.13.